The van der Waals surface area contributed by atoms with Crippen molar-refractivity contribution in [2.24, 2.45) is 5.92 Å². The van der Waals surface area contributed by atoms with Crippen molar-refractivity contribution in [3.63, 3.8) is 0 Å². The van der Waals surface area contributed by atoms with E-state index in [0.29, 0.717) is 28.0 Å². The van der Waals surface area contributed by atoms with E-state index in [2.05, 4.69) is 6.92 Å². The summed E-state index contributed by atoms with van der Waals surface area (Å²) in [5.41, 5.74) is 0.485. The highest BCUT2D eigenvalue weighted by Crippen LogP contribution is 2.24. The van der Waals surface area contributed by atoms with Gasteiger partial charge in [0, 0.05) is 29.4 Å². The second-order valence-corrected chi connectivity index (χ2v) is 6.67. The van der Waals surface area contributed by atoms with Gasteiger partial charge in [-0.25, -0.2) is 4.39 Å². The van der Waals surface area contributed by atoms with Crippen LogP contribution in [-0.2, 0) is 10.5 Å². The summed E-state index contributed by atoms with van der Waals surface area (Å²) in [6.07, 6.45) is 2.28. The zero-order valence-electron chi connectivity index (χ0n) is 11.6. The SMILES string of the molecule is CC1CCCN(C(=O)CSCc2c(F)cccc2Cl)C1. The summed E-state index contributed by atoms with van der Waals surface area (Å²) in [5, 5.41) is 0.427. The number of rotatable bonds is 4. The first-order valence-corrected chi connectivity index (χ1v) is 8.39. The molecule has 1 atom stereocenters. The van der Waals surface area contributed by atoms with Crippen LogP contribution in [0.5, 0.6) is 0 Å². The van der Waals surface area contributed by atoms with E-state index >= 15 is 0 Å². The maximum atomic E-state index is 13.6. The Bertz CT molecular complexity index is 463. The zero-order valence-corrected chi connectivity index (χ0v) is 13.1. The number of nitrogens with zero attached hydrogens (tertiary/aromatic N) is 1. The largest absolute Gasteiger partial charge is 0.342 e. The van der Waals surface area contributed by atoms with Gasteiger partial charge >= 0.3 is 0 Å². The summed E-state index contributed by atoms with van der Waals surface area (Å²) in [5.74, 6) is 1.25. The third-order valence-electron chi connectivity index (χ3n) is 3.54. The molecule has 110 valence electrons. The van der Waals surface area contributed by atoms with E-state index in [-0.39, 0.29) is 11.7 Å². The summed E-state index contributed by atoms with van der Waals surface area (Å²) in [6.45, 7) is 3.87. The molecule has 1 aromatic carbocycles. The molecule has 0 radical (unpaired) electrons. The number of piperidine rings is 1. The minimum Gasteiger partial charge on any atom is -0.342 e. The summed E-state index contributed by atoms with van der Waals surface area (Å²) in [6, 6.07) is 4.66. The number of halogens is 2. The molecule has 1 aliphatic rings. The van der Waals surface area contributed by atoms with Crippen molar-refractivity contribution in [2.75, 3.05) is 18.8 Å². The molecular formula is C15H19ClFNOS. The molecule has 5 heteroatoms. The maximum Gasteiger partial charge on any atom is 0.232 e. The quantitative estimate of drug-likeness (QED) is 0.838. The van der Waals surface area contributed by atoms with Gasteiger partial charge in [-0.3, -0.25) is 4.79 Å². The predicted octanol–water partition coefficient (Wildman–Crippen LogP) is 3.97. The summed E-state index contributed by atoms with van der Waals surface area (Å²) in [7, 11) is 0. The third-order valence-corrected chi connectivity index (χ3v) is 4.84. The minimum absolute atomic E-state index is 0.147. The van der Waals surface area contributed by atoms with Crippen LogP contribution in [0.2, 0.25) is 5.02 Å². The number of thioether (sulfide) groups is 1. The fourth-order valence-corrected chi connectivity index (χ4v) is 3.68. The standard InChI is InChI=1S/C15H19ClFNOS/c1-11-4-3-7-18(8-11)15(19)10-20-9-12-13(16)5-2-6-14(12)17/h2,5-6,11H,3-4,7-10H2,1H3. The van der Waals surface area contributed by atoms with Crippen molar-refractivity contribution in [1.29, 1.82) is 0 Å². The lowest BCUT2D eigenvalue weighted by atomic mass is 10.0. The van der Waals surface area contributed by atoms with Gasteiger partial charge in [-0.05, 0) is 30.9 Å². The number of amides is 1. The Morgan fingerprint density at radius 1 is 1.55 bits per heavy atom. The fraction of sp³-hybridized carbons (Fsp3) is 0.533. The van der Waals surface area contributed by atoms with Crippen LogP contribution in [0.1, 0.15) is 25.3 Å². The Morgan fingerprint density at radius 2 is 2.35 bits per heavy atom. The molecule has 2 rings (SSSR count). The van der Waals surface area contributed by atoms with Gasteiger partial charge in [0.05, 0.1) is 5.75 Å². The molecule has 0 aliphatic carbocycles. The van der Waals surface area contributed by atoms with Crippen molar-refractivity contribution in [1.82, 2.24) is 4.90 Å². The van der Waals surface area contributed by atoms with E-state index in [1.807, 2.05) is 4.90 Å². The molecule has 1 aliphatic heterocycles. The summed E-state index contributed by atoms with van der Waals surface area (Å²) < 4.78 is 13.6. The molecular weight excluding hydrogens is 297 g/mol. The van der Waals surface area contributed by atoms with Crippen LogP contribution in [-0.4, -0.2) is 29.6 Å². The Labute approximate surface area is 128 Å². The highest BCUT2D eigenvalue weighted by molar-refractivity contribution is 7.99. The van der Waals surface area contributed by atoms with E-state index in [0.717, 1.165) is 19.5 Å². The smallest absolute Gasteiger partial charge is 0.232 e. The van der Waals surface area contributed by atoms with E-state index in [9.17, 15) is 9.18 Å². The van der Waals surface area contributed by atoms with Crippen LogP contribution in [0.15, 0.2) is 18.2 Å². The second-order valence-electron chi connectivity index (χ2n) is 5.28. The summed E-state index contributed by atoms with van der Waals surface area (Å²) in [4.78, 5) is 14.0. The lowest BCUT2D eigenvalue weighted by molar-refractivity contribution is -0.130. The molecule has 1 aromatic rings. The van der Waals surface area contributed by atoms with Crippen LogP contribution < -0.4 is 0 Å². The molecule has 20 heavy (non-hydrogen) atoms. The Kier molecular flexibility index (Phi) is 5.73. The molecule has 1 amide bonds. The normalized spacial score (nSPS) is 19.1. The molecule has 0 saturated carbocycles. The van der Waals surface area contributed by atoms with Crippen molar-refractivity contribution >= 4 is 29.3 Å². The highest BCUT2D eigenvalue weighted by atomic mass is 35.5. The monoisotopic (exact) mass is 315 g/mol. The Morgan fingerprint density at radius 3 is 3.05 bits per heavy atom. The average molecular weight is 316 g/mol. The van der Waals surface area contributed by atoms with Gasteiger partial charge in [0.15, 0.2) is 0 Å². The van der Waals surface area contributed by atoms with Crippen LogP contribution in [0.25, 0.3) is 0 Å². The lowest BCUT2D eigenvalue weighted by Gasteiger charge is -2.30. The fourth-order valence-electron chi connectivity index (χ4n) is 2.42. The zero-order chi connectivity index (χ0) is 14.5. The average Bonchev–Trinajstić information content (AvgIpc) is 2.42. The number of hydrogen-bond donors (Lipinski definition) is 0. The molecule has 1 heterocycles. The Balaban J connectivity index is 1.82. The minimum atomic E-state index is -0.302. The molecule has 1 saturated heterocycles. The first-order chi connectivity index (χ1) is 9.58. The number of benzene rings is 1. The number of likely N-dealkylation sites (tertiary alicyclic amines) is 1. The van der Waals surface area contributed by atoms with Crippen molar-refractivity contribution in [3.05, 3.63) is 34.6 Å². The molecule has 2 nitrogen and oxygen atoms in total. The molecule has 0 N–H and O–H groups in total. The van der Waals surface area contributed by atoms with Gasteiger partial charge in [0.1, 0.15) is 5.82 Å². The molecule has 0 spiro atoms. The first-order valence-electron chi connectivity index (χ1n) is 6.86. The molecule has 1 unspecified atom stereocenters. The van der Waals surface area contributed by atoms with Crippen molar-refractivity contribution < 1.29 is 9.18 Å². The van der Waals surface area contributed by atoms with Crippen molar-refractivity contribution in [3.8, 4) is 0 Å². The molecule has 0 bridgehead atoms. The van der Waals surface area contributed by atoms with Gasteiger partial charge in [0.25, 0.3) is 0 Å². The third kappa shape index (κ3) is 4.13. The van der Waals surface area contributed by atoms with Crippen LogP contribution in [0.4, 0.5) is 4.39 Å². The number of carbonyl (C=O) groups is 1. The molecule has 0 aromatic heterocycles. The van der Waals surface area contributed by atoms with Gasteiger partial charge in [-0.2, -0.15) is 0 Å². The topological polar surface area (TPSA) is 20.3 Å². The van der Waals surface area contributed by atoms with Gasteiger partial charge in [-0.15, -0.1) is 11.8 Å². The van der Waals surface area contributed by atoms with Crippen LogP contribution in [0, 0.1) is 11.7 Å². The summed E-state index contributed by atoms with van der Waals surface area (Å²) >= 11 is 7.39. The lowest BCUT2D eigenvalue weighted by Crippen LogP contribution is -2.40. The van der Waals surface area contributed by atoms with E-state index in [1.54, 1.807) is 12.1 Å². The van der Waals surface area contributed by atoms with Gasteiger partial charge < -0.3 is 4.90 Å². The van der Waals surface area contributed by atoms with Crippen LogP contribution in [0.3, 0.4) is 0 Å². The van der Waals surface area contributed by atoms with Gasteiger partial charge in [-0.1, -0.05) is 24.6 Å². The highest BCUT2D eigenvalue weighted by Gasteiger charge is 2.20. The first kappa shape index (κ1) is 15.6. The molecule has 1 fully saturated rings. The van der Waals surface area contributed by atoms with Crippen LogP contribution >= 0.6 is 23.4 Å². The van der Waals surface area contributed by atoms with E-state index < -0.39 is 0 Å². The van der Waals surface area contributed by atoms with Crippen molar-refractivity contribution in [2.45, 2.75) is 25.5 Å². The Hall–Kier alpha value is -0.740. The maximum absolute atomic E-state index is 13.6. The van der Waals surface area contributed by atoms with E-state index in [1.165, 1.54) is 24.2 Å². The number of carbonyl (C=O) groups excluding carboxylic acids is 1. The van der Waals surface area contributed by atoms with E-state index in [4.69, 9.17) is 11.6 Å². The number of hydrogen-bond acceptors (Lipinski definition) is 2. The predicted molar refractivity (Wildman–Crippen MR) is 82.6 cm³/mol. The van der Waals surface area contributed by atoms with Gasteiger partial charge in [0.2, 0.25) is 5.91 Å². The second kappa shape index (κ2) is 7.32.